The van der Waals surface area contributed by atoms with Crippen LogP contribution in [0.5, 0.6) is 5.75 Å². The van der Waals surface area contributed by atoms with Gasteiger partial charge in [0.15, 0.2) is 8.32 Å². The summed E-state index contributed by atoms with van der Waals surface area (Å²) in [5.41, 5.74) is 6.04. The molecule has 0 saturated carbocycles. The van der Waals surface area contributed by atoms with Crippen molar-refractivity contribution in [3.05, 3.63) is 124 Å². The van der Waals surface area contributed by atoms with Crippen molar-refractivity contribution in [3.63, 3.8) is 0 Å². The summed E-state index contributed by atoms with van der Waals surface area (Å²) in [5, 5.41) is 26.7. The van der Waals surface area contributed by atoms with Crippen LogP contribution in [-0.4, -0.2) is 49.1 Å². The van der Waals surface area contributed by atoms with E-state index in [-0.39, 0.29) is 28.4 Å². The number of phenols is 1. The number of carboxylic acid groups (broad SMARTS) is 1. The molecule has 11 heteroatoms. The third kappa shape index (κ3) is 9.81. The first kappa shape index (κ1) is 39.0. The van der Waals surface area contributed by atoms with Crippen LogP contribution in [0, 0.1) is 0 Å². The van der Waals surface area contributed by atoms with Gasteiger partial charge < -0.3 is 29.8 Å². The lowest BCUT2D eigenvalue weighted by Crippen LogP contribution is -2.43. The van der Waals surface area contributed by atoms with Crippen LogP contribution in [0.3, 0.4) is 0 Å². The molecular weight excluding hydrogens is 685 g/mol. The van der Waals surface area contributed by atoms with Crippen molar-refractivity contribution in [2.24, 2.45) is 0 Å². The van der Waals surface area contributed by atoms with E-state index in [9.17, 15) is 24.6 Å². The average Bonchev–Trinajstić information content (AvgIpc) is 3.11. The van der Waals surface area contributed by atoms with E-state index in [1.807, 2.05) is 78.9 Å². The number of fused-ring (bicyclic) bond motifs is 1. The number of rotatable bonds is 14. The molecule has 0 bridgehead atoms. The Balaban J connectivity index is 1.19. The summed E-state index contributed by atoms with van der Waals surface area (Å²) in [4.78, 5) is 41.1. The molecule has 0 saturated heterocycles. The number of hydrogen-bond acceptors (Lipinski definition) is 6. The summed E-state index contributed by atoms with van der Waals surface area (Å²) >= 11 is 0. The molecule has 0 aliphatic heterocycles. The minimum absolute atomic E-state index is 0.00578. The van der Waals surface area contributed by atoms with Crippen LogP contribution in [0.25, 0.3) is 22.0 Å². The number of aromatic hydroxyl groups is 1. The number of aromatic nitrogens is 1. The SMILES string of the molecule is CN(C(=O)CCCc1ccc(-c2ccccc2)c(NC(=O)O)c1)c1ccc(CNCC(O[Si](C)(C)C(C)(C)C)c2ccc(O)c3[nH]c(=O)ccc23)cc1. The zero-order valence-corrected chi connectivity index (χ0v) is 32.3. The van der Waals surface area contributed by atoms with Crippen LogP contribution in [0.2, 0.25) is 18.1 Å². The molecule has 5 rings (SSSR count). The number of amides is 2. The molecule has 5 N–H and O–H groups in total. The van der Waals surface area contributed by atoms with E-state index in [0.717, 1.165) is 38.9 Å². The number of carbonyl (C=O) groups is 2. The minimum atomic E-state index is -2.21. The second kappa shape index (κ2) is 16.6. The van der Waals surface area contributed by atoms with Gasteiger partial charge in [-0.2, -0.15) is 0 Å². The van der Waals surface area contributed by atoms with Crippen LogP contribution in [0.1, 0.15) is 56.4 Å². The molecule has 0 spiro atoms. The molecular formula is C42H50N4O6Si. The predicted octanol–water partition coefficient (Wildman–Crippen LogP) is 8.83. The Morgan fingerprint density at radius 2 is 1.62 bits per heavy atom. The molecule has 0 radical (unpaired) electrons. The first-order chi connectivity index (χ1) is 25.1. The summed E-state index contributed by atoms with van der Waals surface area (Å²) < 4.78 is 6.92. The van der Waals surface area contributed by atoms with Gasteiger partial charge in [-0.3, -0.25) is 14.9 Å². The Bertz CT molecular complexity index is 2110. The molecule has 53 heavy (non-hydrogen) atoms. The summed E-state index contributed by atoms with van der Waals surface area (Å²) in [6.45, 7) is 12.1. The maximum Gasteiger partial charge on any atom is 0.409 e. The number of hydrogen-bond donors (Lipinski definition) is 5. The number of aryl methyl sites for hydroxylation is 1. The number of carbonyl (C=O) groups excluding carboxylic acids is 1. The standard InChI is InChI=1S/C42H50N4O6Si/c1-42(2,3)53(5,6)52-37(33-21-23-36(47)40-34(33)22-24-38(48)45-40)27-43-26-29-15-18-31(19-16-29)46(4)39(49)14-10-11-28-17-20-32(30-12-8-7-9-13-30)35(25-28)44-41(50)51/h7-9,12-13,15-25,37,43-44,47H,10-11,14,26-27H2,1-6H3,(H,45,48)(H,50,51). The second-order valence-electron chi connectivity index (χ2n) is 14.9. The van der Waals surface area contributed by atoms with E-state index in [2.05, 4.69) is 49.5 Å². The lowest BCUT2D eigenvalue weighted by Gasteiger charge is -2.39. The zero-order valence-electron chi connectivity index (χ0n) is 31.3. The van der Waals surface area contributed by atoms with Crippen LogP contribution in [-0.2, 0) is 22.2 Å². The van der Waals surface area contributed by atoms with Gasteiger partial charge in [0, 0.05) is 49.3 Å². The highest BCUT2D eigenvalue weighted by Gasteiger charge is 2.39. The summed E-state index contributed by atoms with van der Waals surface area (Å²) in [6, 6.07) is 29.9. The molecule has 0 aliphatic carbocycles. The van der Waals surface area contributed by atoms with Gasteiger partial charge in [-0.05, 0) is 83.6 Å². The normalized spacial score (nSPS) is 12.4. The number of H-pyrrole nitrogens is 1. The molecule has 4 aromatic carbocycles. The Kier molecular flexibility index (Phi) is 12.2. The van der Waals surface area contributed by atoms with Crippen LogP contribution in [0.15, 0.2) is 102 Å². The minimum Gasteiger partial charge on any atom is -0.506 e. The number of aromatic amines is 1. The molecule has 1 unspecified atom stereocenters. The molecule has 0 fully saturated rings. The molecule has 1 aromatic heterocycles. The van der Waals surface area contributed by atoms with Crippen molar-refractivity contribution >= 4 is 42.6 Å². The van der Waals surface area contributed by atoms with Gasteiger partial charge in [-0.1, -0.05) is 81.4 Å². The van der Waals surface area contributed by atoms with Gasteiger partial charge in [-0.15, -0.1) is 0 Å². The molecule has 278 valence electrons. The van der Waals surface area contributed by atoms with Crippen molar-refractivity contribution < 1.29 is 24.2 Å². The fourth-order valence-electron chi connectivity index (χ4n) is 6.06. The van der Waals surface area contributed by atoms with Gasteiger partial charge in [-0.25, -0.2) is 4.79 Å². The number of benzene rings is 4. The van der Waals surface area contributed by atoms with E-state index < -0.39 is 14.4 Å². The second-order valence-corrected chi connectivity index (χ2v) is 19.7. The molecule has 1 atom stereocenters. The fraction of sp³-hybridized carbons (Fsp3) is 0.310. The third-order valence-corrected chi connectivity index (χ3v) is 14.6. The quantitative estimate of drug-likeness (QED) is 0.0718. The van der Waals surface area contributed by atoms with Crippen molar-refractivity contribution in [3.8, 4) is 16.9 Å². The van der Waals surface area contributed by atoms with Crippen LogP contribution >= 0.6 is 0 Å². The van der Waals surface area contributed by atoms with E-state index in [0.29, 0.717) is 43.6 Å². The lowest BCUT2D eigenvalue weighted by atomic mass is 9.99. The molecule has 0 aliphatic rings. The highest BCUT2D eigenvalue weighted by Crippen LogP contribution is 2.41. The molecule has 10 nitrogen and oxygen atoms in total. The maximum atomic E-state index is 13.1. The number of anilines is 2. The molecule has 1 heterocycles. The summed E-state index contributed by atoms with van der Waals surface area (Å²) in [5.74, 6) is 0.00993. The predicted molar refractivity (Wildman–Crippen MR) is 215 cm³/mol. The Hall–Kier alpha value is -5.23. The van der Waals surface area contributed by atoms with Crippen LogP contribution < -0.4 is 21.1 Å². The van der Waals surface area contributed by atoms with Gasteiger partial charge >= 0.3 is 6.09 Å². The largest absolute Gasteiger partial charge is 0.506 e. The maximum absolute atomic E-state index is 13.1. The molecule has 2 amide bonds. The van der Waals surface area contributed by atoms with E-state index in [1.165, 1.54) is 6.07 Å². The van der Waals surface area contributed by atoms with Crippen LogP contribution in [0.4, 0.5) is 16.2 Å². The third-order valence-electron chi connectivity index (χ3n) is 10.1. The number of phenolic OH excluding ortho intramolecular Hbond substituents is 1. The van der Waals surface area contributed by atoms with Gasteiger partial charge in [0.1, 0.15) is 5.75 Å². The van der Waals surface area contributed by atoms with Crippen molar-refractivity contribution in [1.82, 2.24) is 10.3 Å². The topological polar surface area (TPSA) is 144 Å². The fourth-order valence-corrected chi connectivity index (χ4v) is 7.34. The number of pyridine rings is 1. The molecule has 5 aromatic rings. The van der Waals surface area contributed by atoms with E-state index >= 15 is 0 Å². The monoisotopic (exact) mass is 734 g/mol. The van der Waals surface area contributed by atoms with E-state index in [1.54, 1.807) is 24.1 Å². The first-order valence-electron chi connectivity index (χ1n) is 17.9. The highest BCUT2D eigenvalue weighted by molar-refractivity contribution is 6.74. The Morgan fingerprint density at radius 3 is 2.30 bits per heavy atom. The lowest BCUT2D eigenvalue weighted by molar-refractivity contribution is -0.118. The first-order valence-corrected chi connectivity index (χ1v) is 20.8. The van der Waals surface area contributed by atoms with Crippen molar-refractivity contribution in [1.29, 1.82) is 0 Å². The Labute approximate surface area is 312 Å². The summed E-state index contributed by atoms with van der Waals surface area (Å²) in [6.07, 6.45) is 0.144. The summed E-state index contributed by atoms with van der Waals surface area (Å²) in [7, 11) is -0.437. The van der Waals surface area contributed by atoms with Gasteiger partial charge in [0.2, 0.25) is 11.5 Å². The van der Waals surface area contributed by atoms with E-state index in [4.69, 9.17) is 4.43 Å². The number of nitrogens with one attached hydrogen (secondary N) is 3. The van der Waals surface area contributed by atoms with Gasteiger partial charge in [0.05, 0.1) is 17.3 Å². The highest BCUT2D eigenvalue weighted by atomic mass is 28.4. The zero-order chi connectivity index (χ0) is 38.3. The van der Waals surface area contributed by atoms with Crippen molar-refractivity contribution in [2.75, 3.05) is 23.8 Å². The average molecular weight is 735 g/mol. The van der Waals surface area contributed by atoms with Crippen molar-refractivity contribution in [2.45, 2.75) is 70.8 Å². The Morgan fingerprint density at radius 1 is 0.925 bits per heavy atom. The van der Waals surface area contributed by atoms with Gasteiger partial charge in [0.25, 0.3) is 0 Å². The smallest absolute Gasteiger partial charge is 0.409 e. The number of nitrogens with zero attached hydrogens (tertiary/aromatic N) is 1.